The van der Waals surface area contributed by atoms with E-state index in [1.54, 1.807) is 0 Å². The fourth-order valence-corrected chi connectivity index (χ4v) is 1.39. The zero-order valence-electron chi connectivity index (χ0n) is 7.84. The lowest BCUT2D eigenvalue weighted by atomic mass is 10.3. The molecule has 0 atom stereocenters. The van der Waals surface area contributed by atoms with E-state index in [2.05, 4.69) is 30.2 Å². The summed E-state index contributed by atoms with van der Waals surface area (Å²) in [6.45, 7) is 12.0. The molecule has 0 radical (unpaired) electrons. The number of hydrogen-bond donors (Lipinski definition) is 0. The minimum Gasteiger partial charge on any atom is -0.372 e. The third-order valence-electron chi connectivity index (χ3n) is 2.07. The molecule has 1 aliphatic heterocycles. The molecule has 1 fully saturated rings. The Kier molecular flexibility index (Phi) is 3.15. The molecule has 1 heterocycles. The Morgan fingerprint density at radius 1 is 1.67 bits per heavy atom. The van der Waals surface area contributed by atoms with Crippen LogP contribution in [0.3, 0.4) is 0 Å². The van der Waals surface area contributed by atoms with E-state index in [-0.39, 0.29) is 0 Å². The third kappa shape index (κ3) is 2.57. The first-order valence-electron chi connectivity index (χ1n) is 4.45. The molecule has 0 N–H and O–H groups in total. The summed E-state index contributed by atoms with van der Waals surface area (Å²) in [6, 6.07) is 0. The normalized spacial score (nSPS) is 17.8. The molecule has 12 heavy (non-hydrogen) atoms. The van der Waals surface area contributed by atoms with Crippen LogP contribution in [0.4, 0.5) is 0 Å². The molecule has 1 saturated heterocycles. The molecule has 0 spiro atoms. The maximum Gasteiger partial charge on any atom is 0.0359 e. The van der Waals surface area contributed by atoms with Crippen LogP contribution in [0.5, 0.6) is 0 Å². The number of hydrogen-bond acceptors (Lipinski definition) is 1. The van der Waals surface area contributed by atoms with Gasteiger partial charge in [-0.1, -0.05) is 30.9 Å². The van der Waals surface area contributed by atoms with E-state index >= 15 is 0 Å². The van der Waals surface area contributed by atoms with Crippen LogP contribution >= 0.6 is 0 Å². The van der Waals surface area contributed by atoms with Crippen molar-refractivity contribution in [1.82, 2.24) is 4.90 Å². The molecule has 0 saturated carbocycles. The van der Waals surface area contributed by atoms with Crippen LogP contribution in [0, 0.1) is 0 Å². The Hall–Kier alpha value is -0.980. The van der Waals surface area contributed by atoms with Gasteiger partial charge in [-0.2, -0.15) is 0 Å². The molecule has 0 bridgehead atoms. The van der Waals surface area contributed by atoms with E-state index in [1.165, 1.54) is 25.1 Å². The fraction of sp³-hybridized carbons (Fsp3) is 0.455. The van der Waals surface area contributed by atoms with Crippen molar-refractivity contribution in [3.63, 3.8) is 0 Å². The van der Waals surface area contributed by atoms with E-state index in [1.807, 2.05) is 6.92 Å². The lowest BCUT2D eigenvalue weighted by molar-refractivity contribution is 0.438. The van der Waals surface area contributed by atoms with Gasteiger partial charge < -0.3 is 4.90 Å². The Labute approximate surface area is 75.1 Å². The monoisotopic (exact) mass is 163 g/mol. The van der Waals surface area contributed by atoms with E-state index in [4.69, 9.17) is 0 Å². The van der Waals surface area contributed by atoms with Gasteiger partial charge in [0.2, 0.25) is 0 Å². The Bertz CT molecular complexity index is 213. The molecule has 1 rings (SSSR count). The Morgan fingerprint density at radius 3 is 2.92 bits per heavy atom. The molecule has 0 aliphatic carbocycles. The van der Waals surface area contributed by atoms with Crippen molar-refractivity contribution in [3.05, 3.63) is 36.6 Å². The molecular formula is C11H17N. The van der Waals surface area contributed by atoms with Gasteiger partial charge in [0, 0.05) is 18.8 Å². The van der Waals surface area contributed by atoms with Gasteiger partial charge in [-0.05, 0) is 19.8 Å². The van der Waals surface area contributed by atoms with Gasteiger partial charge in [0.15, 0.2) is 0 Å². The van der Waals surface area contributed by atoms with Gasteiger partial charge in [-0.3, -0.25) is 0 Å². The molecule has 0 aromatic carbocycles. The molecule has 0 unspecified atom stereocenters. The summed E-state index contributed by atoms with van der Waals surface area (Å²) >= 11 is 0. The highest BCUT2D eigenvalue weighted by Crippen LogP contribution is 2.18. The molecule has 0 aromatic heterocycles. The number of nitrogens with zero attached hydrogens (tertiary/aromatic N) is 1. The Morgan fingerprint density at radius 2 is 2.42 bits per heavy atom. The van der Waals surface area contributed by atoms with Crippen LogP contribution in [-0.4, -0.2) is 18.0 Å². The second kappa shape index (κ2) is 4.15. The summed E-state index contributed by atoms with van der Waals surface area (Å²) in [7, 11) is 0. The standard InChI is InChI=1S/C11H17N/c1-10(2)6-4-8-12-9-5-7-11(12)3/h4,6H,1,3,5,7-9H2,2H3/b6-4+. The summed E-state index contributed by atoms with van der Waals surface area (Å²) in [4.78, 5) is 2.32. The maximum absolute atomic E-state index is 4.00. The summed E-state index contributed by atoms with van der Waals surface area (Å²) in [5, 5.41) is 0. The van der Waals surface area contributed by atoms with Crippen molar-refractivity contribution in [3.8, 4) is 0 Å². The van der Waals surface area contributed by atoms with Crippen molar-refractivity contribution in [2.75, 3.05) is 13.1 Å². The zero-order valence-corrected chi connectivity index (χ0v) is 7.84. The first-order valence-corrected chi connectivity index (χ1v) is 4.45. The highest BCUT2D eigenvalue weighted by Gasteiger charge is 2.12. The molecule has 0 aromatic rings. The van der Waals surface area contributed by atoms with Crippen LogP contribution in [-0.2, 0) is 0 Å². The zero-order chi connectivity index (χ0) is 8.97. The summed E-state index contributed by atoms with van der Waals surface area (Å²) in [5.74, 6) is 0. The lowest BCUT2D eigenvalue weighted by Gasteiger charge is -2.16. The summed E-state index contributed by atoms with van der Waals surface area (Å²) in [5.41, 5.74) is 2.39. The van der Waals surface area contributed by atoms with Crippen molar-refractivity contribution in [1.29, 1.82) is 0 Å². The molecule has 0 amide bonds. The highest BCUT2D eigenvalue weighted by atomic mass is 15.1. The fourth-order valence-electron chi connectivity index (χ4n) is 1.39. The largest absolute Gasteiger partial charge is 0.372 e. The van der Waals surface area contributed by atoms with Crippen LogP contribution < -0.4 is 0 Å². The topological polar surface area (TPSA) is 3.24 Å². The first kappa shape index (κ1) is 9.11. The van der Waals surface area contributed by atoms with Crippen molar-refractivity contribution >= 4 is 0 Å². The average molecular weight is 163 g/mol. The average Bonchev–Trinajstić information content (AvgIpc) is 2.36. The van der Waals surface area contributed by atoms with Gasteiger partial charge in [0.25, 0.3) is 0 Å². The van der Waals surface area contributed by atoms with Crippen molar-refractivity contribution in [2.24, 2.45) is 0 Å². The van der Waals surface area contributed by atoms with Gasteiger partial charge in [0.05, 0.1) is 0 Å². The van der Waals surface area contributed by atoms with E-state index in [9.17, 15) is 0 Å². The smallest absolute Gasteiger partial charge is 0.0359 e. The first-order chi connectivity index (χ1) is 5.70. The van der Waals surface area contributed by atoms with Gasteiger partial charge in [-0.15, -0.1) is 0 Å². The molecule has 1 aliphatic rings. The van der Waals surface area contributed by atoms with E-state index < -0.39 is 0 Å². The van der Waals surface area contributed by atoms with Gasteiger partial charge in [0.1, 0.15) is 0 Å². The maximum atomic E-state index is 4.00. The molecule has 66 valence electrons. The molecule has 1 nitrogen and oxygen atoms in total. The van der Waals surface area contributed by atoms with Gasteiger partial charge >= 0.3 is 0 Å². The third-order valence-corrected chi connectivity index (χ3v) is 2.07. The van der Waals surface area contributed by atoms with Crippen LogP contribution in [0.25, 0.3) is 0 Å². The van der Waals surface area contributed by atoms with Crippen molar-refractivity contribution < 1.29 is 0 Å². The van der Waals surface area contributed by atoms with Crippen LogP contribution in [0.1, 0.15) is 19.8 Å². The number of likely N-dealkylation sites (tertiary alicyclic amines) is 1. The van der Waals surface area contributed by atoms with Gasteiger partial charge in [-0.25, -0.2) is 0 Å². The van der Waals surface area contributed by atoms with Crippen molar-refractivity contribution in [2.45, 2.75) is 19.8 Å². The summed E-state index contributed by atoms with van der Waals surface area (Å²) < 4.78 is 0. The second-order valence-electron chi connectivity index (χ2n) is 3.36. The van der Waals surface area contributed by atoms with E-state index in [0.717, 1.165) is 12.1 Å². The molecule has 1 heteroatoms. The second-order valence-corrected chi connectivity index (χ2v) is 3.36. The number of rotatable bonds is 3. The van der Waals surface area contributed by atoms with E-state index in [0.29, 0.717) is 0 Å². The SMILES string of the molecule is C=C(C)/C=C/CN1CCCC1=C. The minimum absolute atomic E-state index is 0.992. The summed E-state index contributed by atoms with van der Waals surface area (Å²) in [6.07, 6.45) is 6.64. The predicted molar refractivity (Wildman–Crippen MR) is 53.9 cm³/mol. The molecular weight excluding hydrogens is 146 g/mol. The quantitative estimate of drug-likeness (QED) is 0.578. The predicted octanol–water partition coefficient (Wildman–Crippen LogP) is 2.73. The lowest BCUT2D eigenvalue weighted by Crippen LogP contribution is -2.16. The van der Waals surface area contributed by atoms with Crippen LogP contribution in [0.2, 0.25) is 0 Å². The van der Waals surface area contributed by atoms with Crippen LogP contribution in [0.15, 0.2) is 36.6 Å². The minimum atomic E-state index is 0.992. The number of allylic oxidation sites excluding steroid dienone is 3. The highest BCUT2D eigenvalue weighted by molar-refractivity contribution is 5.12. The Balaban J connectivity index is 2.31.